The van der Waals surface area contributed by atoms with Crippen LogP contribution in [0, 0.1) is 5.92 Å². The first-order valence-corrected chi connectivity index (χ1v) is 11.7. The van der Waals surface area contributed by atoms with Crippen LogP contribution in [0.15, 0.2) is 48.5 Å². The predicted octanol–water partition coefficient (Wildman–Crippen LogP) is 4.89. The van der Waals surface area contributed by atoms with E-state index in [0.29, 0.717) is 18.2 Å². The largest absolute Gasteiger partial charge is 0.296 e. The highest BCUT2D eigenvalue weighted by molar-refractivity contribution is 5.80. The second kappa shape index (κ2) is 9.48. The molecule has 168 valence electrons. The summed E-state index contributed by atoms with van der Waals surface area (Å²) in [6, 6.07) is 16.6. The molecule has 5 rings (SSSR count). The summed E-state index contributed by atoms with van der Waals surface area (Å²) in [5.41, 5.74) is 7.16. The molecule has 1 fully saturated rings. The van der Waals surface area contributed by atoms with E-state index in [0.717, 1.165) is 65.7 Å². The third kappa shape index (κ3) is 4.62. The van der Waals surface area contributed by atoms with Crippen LogP contribution in [0.5, 0.6) is 0 Å². The SMILES string of the molecule is CCCCc1nn(CC2CC2)c(C=O)c1Cc1ccc(-c2ccccc2-c2nn[nH]n2)cc1. The molecule has 0 atom stereocenters. The first kappa shape index (κ1) is 21.2. The standard InChI is InChI=1S/C26H28N6O/c1-2-3-8-24-23(25(17-33)32(29-24)16-19-9-10-19)15-18-11-13-20(14-12-18)21-6-4-5-7-22(21)26-27-30-31-28-26/h4-7,11-14,17,19H,2-3,8-10,15-16H2,1H3,(H,27,28,30,31). The number of hydrogen-bond donors (Lipinski definition) is 1. The Balaban J connectivity index is 1.43. The average molecular weight is 441 g/mol. The normalized spacial score (nSPS) is 13.4. The number of nitrogens with one attached hydrogen (secondary N) is 1. The summed E-state index contributed by atoms with van der Waals surface area (Å²) in [5.74, 6) is 1.25. The maximum atomic E-state index is 12.0. The molecule has 0 aliphatic heterocycles. The van der Waals surface area contributed by atoms with E-state index < -0.39 is 0 Å². The highest BCUT2D eigenvalue weighted by Gasteiger charge is 2.25. The maximum absolute atomic E-state index is 12.0. The minimum atomic E-state index is 0.578. The van der Waals surface area contributed by atoms with Gasteiger partial charge in [0, 0.05) is 24.1 Å². The second-order valence-electron chi connectivity index (χ2n) is 8.81. The van der Waals surface area contributed by atoms with Crippen LogP contribution >= 0.6 is 0 Å². The van der Waals surface area contributed by atoms with Crippen LogP contribution in [0.3, 0.4) is 0 Å². The number of carbonyl (C=O) groups excluding carboxylic acids is 1. The molecule has 1 aliphatic carbocycles. The van der Waals surface area contributed by atoms with Gasteiger partial charge in [0.15, 0.2) is 6.29 Å². The van der Waals surface area contributed by atoms with E-state index in [1.807, 2.05) is 22.9 Å². The van der Waals surface area contributed by atoms with Gasteiger partial charge >= 0.3 is 0 Å². The van der Waals surface area contributed by atoms with Crippen molar-refractivity contribution in [3.8, 4) is 22.5 Å². The first-order valence-electron chi connectivity index (χ1n) is 11.7. The molecule has 0 amide bonds. The highest BCUT2D eigenvalue weighted by Crippen LogP contribution is 2.33. The number of carbonyl (C=O) groups is 1. The predicted molar refractivity (Wildman–Crippen MR) is 127 cm³/mol. The Morgan fingerprint density at radius 3 is 2.55 bits per heavy atom. The Hall–Kier alpha value is -3.61. The zero-order valence-electron chi connectivity index (χ0n) is 18.9. The Labute approximate surface area is 193 Å². The number of aromatic nitrogens is 6. The van der Waals surface area contributed by atoms with Crippen molar-refractivity contribution in [1.82, 2.24) is 30.4 Å². The Bertz CT molecular complexity index is 1220. The van der Waals surface area contributed by atoms with Gasteiger partial charge in [-0.05, 0) is 53.5 Å². The van der Waals surface area contributed by atoms with Crippen molar-refractivity contribution in [1.29, 1.82) is 0 Å². The summed E-state index contributed by atoms with van der Waals surface area (Å²) < 4.78 is 1.96. The number of H-pyrrole nitrogens is 1. The lowest BCUT2D eigenvalue weighted by Crippen LogP contribution is -2.07. The van der Waals surface area contributed by atoms with Gasteiger partial charge in [-0.1, -0.05) is 61.9 Å². The molecule has 33 heavy (non-hydrogen) atoms. The van der Waals surface area contributed by atoms with Crippen molar-refractivity contribution in [2.75, 3.05) is 0 Å². The number of tetrazole rings is 1. The summed E-state index contributed by atoms with van der Waals surface area (Å²) in [6.07, 6.45) is 7.30. The first-order chi connectivity index (χ1) is 16.3. The van der Waals surface area contributed by atoms with E-state index in [2.05, 4.69) is 57.9 Å². The molecule has 2 aromatic carbocycles. The highest BCUT2D eigenvalue weighted by atomic mass is 16.1. The number of rotatable bonds is 10. The third-order valence-electron chi connectivity index (χ3n) is 6.34. The number of nitrogens with zero attached hydrogens (tertiary/aromatic N) is 5. The van der Waals surface area contributed by atoms with Crippen molar-refractivity contribution in [2.45, 2.75) is 52.0 Å². The molecule has 1 N–H and O–H groups in total. The van der Waals surface area contributed by atoms with E-state index in [1.165, 1.54) is 18.4 Å². The smallest absolute Gasteiger partial charge is 0.205 e. The lowest BCUT2D eigenvalue weighted by molar-refractivity contribution is 0.111. The fraction of sp³-hybridized carbons (Fsp3) is 0.346. The van der Waals surface area contributed by atoms with Gasteiger partial charge in [-0.2, -0.15) is 10.3 Å². The minimum Gasteiger partial charge on any atom is -0.296 e. The molecule has 7 heteroatoms. The van der Waals surface area contributed by atoms with Gasteiger partial charge in [0.05, 0.1) is 5.69 Å². The fourth-order valence-corrected chi connectivity index (χ4v) is 4.33. The monoisotopic (exact) mass is 440 g/mol. The Morgan fingerprint density at radius 2 is 1.88 bits per heavy atom. The molecule has 2 heterocycles. The van der Waals surface area contributed by atoms with Crippen molar-refractivity contribution < 1.29 is 4.79 Å². The zero-order chi connectivity index (χ0) is 22.6. The number of aryl methyl sites for hydroxylation is 1. The molecule has 0 saturated heterocycles. The van der Waals surface area contributed by atoms with Gasteiger partial charge in [0.1, 0.15) is 5.69 Å². The van der Waals surface area contributed by atoms with Crippen molar-refractivity contribution in [3.05, 3.63) is 71.0 Å². The van der Waals surface area contributed by atoms with Gasteiger partial charge in [0.2, 0.25) is 5.82 Å². The van der Waals surface area contributed by atoms with Crippen LogP contribution in [-0.2, 0) is 19.4 Å². The van der Waals surface area contributed by atoms with E-state index in [1.54, 1.807) is 0 Å². The van der Waals surface area contributed by atoms with E-state index in [9.17, 15) is 4.79 Å². The lowest BCUT2D eigenvalue weighted by atomic mass is 9.96. The summed E-state index contributed by atoms with van der Waals surface area (Å²) in [7, 11) is 0. The molecule has 1 saturated carbocycles. The number of hydrogen-bond acceptors (Lipinski definition) is 5. The lowest BCUT2D eigenvalue weighted by Gasteiger charge is -2.09. The van der Waals surface area contributed by atoms with Gasteiger partial charge in [-0.3, -0.25) is 9.48 Å². The van der Waals surface area contributed by atoms with Crippen LogP contribution in [0.25, 0.3) is 22.5 Å². The minimum absolute atomic E-state index is 0.578. The Morgan fingerprint density at radius 1 is 1.09 bits per heavy atom. The van der Waals surface area contributed by atoms with Gasteiger partial charge in [-0.15, -0.1) is 10.2 Å². The van der Waals surface area contributed by atoms with E-state index in [-0.39, 0.29) is 0 Å². The van der Waals surface area contributed by atoms with E-state index in [4.69, 9.17) is 5.10 Å². The molecule has 0 bridgehead atoms. The van der Waals surface area contributed by atoms with Crippen LogP contribution in [-0.4, -0.2) is 36.7 Å². The molecular weight excluding hydrogens is 412 g/mol. The van der Waals surface area contributed by atoms with Gasteiger partial charge in [0.25, 0.3) is 0 Å². The van der Waals surface area contributed by atoms with Crippen LogP contribution in [0.1, 0.15) is 59.9 Å². The van der Waals surface area contributed by atoms with Crippen molar-refractivity contribution in [2.24, 2.45) is 5.92 Å². The van der Waals surface area contributed by atoms with E-state index >= 15 is 0 Å². The van der Waals surface area contributed by atoms with Crippen molar-refractivity contribution in [3.63, 3.8) is 0 Å². The van der Waals surface area contributed by atoms with Gasteiger partial charge in [-0.25, -0.2) is 0 Å². The molecular formula is C26H28N6O. The topological polar surface area (TPSA) is 89.4 Å². The number of benzene rings is 2. The molecule has 0 spiro atoms. The van der Waals surface area contributed by atoms with Gasteiger partial charge < -0.3 is 0 Å². The molecule has 1 aliphatic rings. The number of aromatic amines is 1. The second-order valence-corrected chi connectivity index (χ2v) is 8.81. The zero-order valence-corrected chi connectivity index (χ0v) is 18.9. The van der Waals surface area contributed by atoms with Crippen LogP contribution < -0.4 is 0 Å². The molecule has 4 aromatic rings. The molecule has 0 radical (unpaired) electrons. The average Bonchev–Trinajstić information content (AvgIpc) is 3.38. The summed E-state index contributed by atoms with van der Waals surface area (Å²) in [6.45, 7) is 3.05. The Kier molecular flexibility index (Phi) is 6.11. The quantitative estimate of drug-likeness (QED) is 0.355. The number of unbranched alkanes of at least 4 members (excludes halogenated alkanes) is 1. The van der Waals surface area contributed by atoms with Crippen molar-refractivity contribution >= 4 is 6.29 Å². The molecule has 2 aromatic heterocycles. The van der Waals surface area contributed by atoms with Crippen LogP contribution in [0.2, 0.25) is 0 Å². The molecule has 7 nitrogen and oxygen atoms in total. The summed E-state index contributed by atoms with van der Waals surface area (Å²) in [5, 5.41) is 19.4. The fourth-order valence-electron chi connectivity index (χ4n) is 4.33. The maximum Gasteiger partial charge on any atom is 0.205 e. The third-order valence-corrected chi connectivity index (χ3v) is 6.34. The summed E-state index contributed by atoms with van der Waals surface area (Å²) >= 11 is 0. The molecule has 0 unspecified atom stereocenters. The summed E-state index contributed by atoms with van der Waals surface area (Å²) in [4.78, 5) is 12.0. The number of aldehydes is 1. The van der Waals surface area contributed by atoms with Crippen LogP contribution in [0.4, 0.5) is 0 Å².